The molecule has 1 aromatic rings. The number of halogens is 2. The van der Waals surface area contributed by atoms with Crippen LogP contribution in [0.2, 0.25) is 0 Å². The summed E-state index contributed by atoms with van der Waals surface area (Å²) in [6.45, 7) is 1.81. The number of benzene rings is 1. The molecule has 2 N–H and O–H groups in total. The van der Waals surface area contributed by atoms with Gasteiger partial charge in [-0.3, -0.25) is 4.79 Å². The van der Waals surface area contributed by atoms with Gasteiger partial charge >= 0.3 is 0 Å². The summed E-state index contributed by atoms with van der Waals surface area (Å²) in [6.07, 6.45) is 2.27. The molecule has 1 aromatic carbocycles. The molecule has 0 spiro atoms. The molecule has 2 rings (SSSR count). The van der Waals surface area contributed by atoms with E-state index in [1.165, 1.54) is 6.07 Å². The number of rotatable bonds is 5. The number of nitrogens with zero attached hydrogens (tertiary/aromatic N) is 1. The highest BCUT2D eigenvalue weighted by Crippen LogP contribution is 2.17. The second-order valence-electron chi connectivity index (χ2n) is 5.05. The summed E-state index contributed by atoms with van der Waals surface area (Å²) < 4.78 is 26.7. The summed E-state index contributed by atoms with van der Waals surface area (Å²) in [5, 5.41) is 5.27. The normalized spacial score (nSPS) is 19.2. The Morgan fingerprint density at radius 2 is 2.10 bits per heavy atom. The van der Waals surface area contributed by atoms with E-state index >= 15 is 0 Å². The van der Waals surface area contributed by atoms with Gasteiger partial charge < -0.3 is 15.5 Å². The average Bonchev–Trinajstić information content (AvgIpc) is 2.80. The van der Waals surface area contributed by atoms with Gasteiger partial charge in [-0.25, -0.2) is 8.78 Å². The fraction of sp³-hybridized carbons (Fsp3) is 0.500. The lowest BCUT2D eigenvalue weighted by molar-refractivity contribution is -0.115. The van der Waals surface area contributed by atoms with Gasteiger partial charge in [-0.05, 0) is 38.6 Å². The van der Waals surface area contributed by atoms with Gasteiger partial charge in [-0.1, -0.05) is 6.07 Å². The number of likely N-dealkylation sites (tertiary alicyclic amines) is 1. The van der Waals surface area contributed by atoms with Crippen molar-refractivity contribution >= 4 is 11.6 Å². The van der Waals surface area contributed by atoms with E-state index in [9.17, 15) is 13.6 Å². The Hall–Kier alpha value is -1.53. The quantitative estimate of drug-likeness (QED) is 0.862. The lowest BCUT2D eigenvalue weighted by Crippen LogP contribution is -2.38. The van der Waals surface area contributed by atoms with E-state index in [-0.39, 0.29) is 6.54 Å². The molecule has 0 radical (unpaired) electrons. The van der Waals surface area contributed by atoms with E-state index in [4.69, 9.17) is 0 Å². The monoisotopic (exact) mass is 283 g/mol. The van der Waals surface area contributed by atoms with Gasteiger partial charge in [0.15, 0.2) is 0 Å². The third-order valence-corrected chi connectivity index (χ3v) is 3.56. The molecule has 6 heteroatoms. The van der Waals surface area contributed by atoms with Crippen LogP contribution < -0.4 is 10.6 Å². The van der Waals surface area contributed by atoms with Crippen LogP contribution in [0.1, 0.15) is 12.8 Å². The minimum absolute atomic E-state index is 0.0398. The molecule has 110 valence electrons. The molecule has 1 aliphatic rings. The van der Waals surface area contributed by atoms with Crippen molar-refractivity contribution in [1.82, 2.24) is 10.2 Å². The lowest BCUT2D eigenvalue weighted by atomic mass is 10.2. The highest BCUT2D eigenvalue weighted by atomic mass is 19.1. The van der Waals surface area contributed by atoms with Crippen molar-refractivity contribution in [2.45, 2.75) is 18.9 Å². The first kappa shape index (κ1) is 14.9. The molecular formula is C14H19F2N3O. The van der Waals surface area contributed by atoms with Crippen LogP contribution in [-0.4, -0.2) is 43.5 Å². The second kappa shape index (κ2) is 6.76. The third-order valence-electron chi connectivity index (χ3n) is 3.56. The van der Waals surface area contributed by atoms with Gasteiger partial charge in [0.2, 0.25) is 5.91 Å². The standard InChI is InChI=1S/C14H19F2N3O/c1-19-7-3-4-10(19)8-17-9-13(20)18-14-11(15)5-2-6-12(14)16/h2,5-6,10,17H,3-4,7-9H2,1H3,(H,18,20). The first-order chi connectivity index (χ1) is 9.58. The van der Waals surface area contributed by atoms with Crippen LogP contribution in [-0.2, 0) is 4.79 Å². The Kier molecular flexibility index (Phi) is 5.03. The van der Waals surface area contributed by atoms with Crippen molar-refractivity contribution in [3.8, 4) is 0 Å². The molecule has 1 amide bonds. The van der Waals surface area contributed by atoms with Gasteiger partial charge in [-0.2, -0.15) is 0 Å². The predicted molar refractivity (Wildman–Crippen MR) is 73.5 cm³/mol. The van der Waals surface area contributed by atoms with Crippen LogP contribution in [0.25, 0.3) is 0 Å². The number of hydrogen-bond donors (Lipinski definition) is 2. The Labute approximate surface area is 117 Å². The molecule has 0 saturated carbocycles. The maximum absolute atomic E-state index is 13.3. The largest absolute Gasteiger partial charge is 0.320 e. The Morgan fingerprint density at radius 3 is 2.70 bits per heavy atom. The summed E-state index contributed by atoms with van der Waals surface area (Å²) in [5.41, 5.74) is -0.391. The van der Waals surface area contributed by atoms with E-state index < -0.39 is 23.2 Å². The number of amides is 1. The highest BCUT2D eigenvalue weighted by molar-refractivity contribution is 5.92. The lowest BCUT2D eigenvalue weighted by Gasteiger charge is -2.19. The zero-order valence-electron chi connectivity index (χ0n) is 11.5. The average molecular weight is 283 g/mol. The van der Waals surface area contributed by atoms with Crippen molar-refractivity contribution < 1.29 is 13.6 Å². The zero-order chi connectivity index (χ0) is 14.5. The van der Waals surface area contributed by atoms with Gasteiger partial charge in [0.05, 0.1) is 6.54 Å². The Bertz CT molecular complexity index is 461. The van der Waals surface area contributed by atoms with Crippen LogP contribution in [0.4, 0.5) is 14.5 Å². The number of carbonyl (C=O) groups is 1. The molecule has 0 aromatic heterocycles. The van der Waals surface area contributed by atoms with Crippen molar-refractivity contribution in [2.24, 2.45) is 0 Å². The Morgan fingerprint density at radius 1 is 1.40 bits per heavy atom. The van der Waals surface area contributed by atoms with Crippen LogP contribution in [0, 0.1) is 11.6 Å². The van der Waals surface area contributed by atoms with Gasteiger partial charge in [0.1, 0.15) is 17.3 Å². The van der Waals surface area contributed by atoms with E-state index in [0.717, 1.165) is 31.5 Å². The maximum Gasteiger partial charge on any atom is 0.238 e. The van der Waals surface area contributed by atoms with Crippen molar-refractivity contribution in [2.75, 3.05) is 32.0 Å². The molecular weight excluding hydrogens is 264 g/mol. The first-order valence-electron chi connectivity index (χ1n) is 6.72. The highest BCUT2D eigenvalue weighted by Gasteiger charge is 2.20. The number of hydrogen-bond acceptors (Lipinski definition) is 3. The number of nitrogens with one attached hydrogen (secondary N) is 2. The molecule has 1 atom stereocenters. The molecule has 1 unspecified atom stereocenters. The molecule has 1 heterocycles. The van der Waals surface area contributed by atoms with Crippen molar-refractivity contribution in [3.05, 3.63) is 29.8 Å². The maximum atomic E-state index is 13.3. The fourth-order valence-electron chi connectivity index (χ4n) is 2.39. The number of carbonyl (C=O) groups excluding carboxylic acids is 1. The smallest absolute Gasteiger partial charge is 0.238 e. The number of para-hydroxylation sites is 1. The molecule has 20 heavy (non-hydrogen) atoms. The third kappa shape index (κ3) is 3.74. The first-order valence-corrected chi connectivity index (χ1v) is 6.72. The minimum Gasteiger partial charge on any atom is -0.320 e. The molecule has 1 saturated heterocycles. The SMILES string of the molecule is CN1CCCC1CNCC(=O)Nc1c(F)cccc1F. The van der Waals surface area contributed by atoms with Crippen molar-refractivity contribution in [3.63, 3.8) is 0 Å². The van der Waals surface area contributed by atoms with Crippen molar-refractivity contribution in [1.29, 1.82) is 0 Å². The van der Waals surface area contributed by atoms with Gasteiger partial charge in [-0.15, -0.1) is 0 Å². The van der Waals surface area contributed by atoms with Crippen LogP contribution >= 0.6 is 0 Å². The zero-order valence-corrected chi connectivity index (χ0v) is 11.5. The second-order valence-corrected chi connectivity index (χ2v) is 5.05. The summed E-state index contributed by atoms with van der Waals surface area (Å²) in [6, 6.07) is 3.90. The summed E-state index contributed by atoms with van der Waals surface area (Å²) >= 11 is 0. The van der Waals surface area contributed by atoms with Gasteiger partial charge in [0, 0.05) is 12.6 Å². The summed E-state index contributed by atoms with van der Waals surface area (Å²) in [7, 11) is 2.05. The van der Waals surface area contributed by atoms with Gasteiger partial charge in [0.25, 0.3) is 0 Å². The molecule has 0 aliphatic carbocycles. The number of likely N-dealkylation sites (N-methyl/N-ethyl adjacent to an activating group) is 1. The van der Waals surface area contributed by atoms with E-state index in [1.54, 1.807) is 0 Å². The predicted octanol–water partition coefficient (Wildman–Crippen LogP) is 1.59. The fourth-order valence-corrected chi connectivity index (χ4v) is 2.39. The van der Waals surface area contributed by atoms with Crippen LogP contribution in [0.15, 0.2) is 18.2 Å². The summed E-state index contributed by atoms with van der Waals surface area (Å²) in [5.74, 6) is -1.99. The number of anilines is 1. The van der Waals surface area contributed by atoms with Crippen LogP contribution in [0.3, 0.4) is 0 Å². The minimum atomic E-state index is -0.770. The van der Waals surface area contributed by atoms with E-state index in [0.29, 0.717) is 12.6 Å². The molecule has 1 fully saturated rings. The topological polar surface area (TPSA) is 44.4 Å². The van der Waals surface area contributed by atoms with E-state index in [2.05, 4.69) is 15.5 Å². The molecule has 4 nitrogen and oxygen atoms in total. The molecule has 1 aliphatic heterocycles. The summed E-state index contributed by atoms with van der Waals surface area (Å²) in [4.78, 5) is 13.9. The molecule has 0 bridgehead atoms. The van der Waals surface area contributed by atoms with E-state index in [1.807, 2.05) is 7.05 Å². The van der Waals surface area contributed by atoms with Crippen LogP contribution in [0.5, 0.6) is 0 Å². The Balaban J connectivity index is 1.78.